The zero-order chi connectivity index (χ0) is 24.7. The molecule has 3 aliphatic heterocycles. The molecule has 4 heterocycles. The van der Waals surface area contributed by atoms with E-state index >= 15 is 0 Å². The summed E-state index contributed by atoms with van der Waals surface area (Å²) in [5.74, 6) is 2.01. The molecule has 3 aliphatic rings. The summed E-state index contributed by atoms with van der Waals surface area (Å²) in [6.45, 7) is 9.23. The van der Waals surface area contributed by atoms with E-state index in [0.717, 1.165) is 101 Å². The molecule has 1 aromatic carbocycles. The Kier molecular flexibility index (Phi) is 8.45. The third-order valence-corrected chi connectivity index (χ3v) is 7.70. The molecule has 9 nitrogen and oxygen atoms in total. The Morgan fingerprint density at radius 2 is 1.64 bits per heavy atom. The van der Waals surface area contributed by atoms with Crippen molar-refractivity contribution < 1.29 is 9.53 Å². The van der Waals surface area contributed by atoms with Gasteiger partial charge in [-0.25, -0.2) is 9.97 Å². The highest BCUT2D eigenvalue weighted by Gasteiger charge is 2.24. The summed E-state index contributed by atoms with van der Waals surface area (Å²) in [6.07, 6.45) is 5.53. The minimum atomic E-state index is 0.279. The Balaban J connectivity index is 1.19. The number of nitrogens with zero attached hydrogens (tertiary/aromatic N) is 6. The molecule has 10 heteroatoms. The maximum Gasteiger partial charge on any atom is 0.236 e. The quantitative estimate of drug-likeness (QED) is 0.446. The van der Waals surface area contributed by atoms with Crippen molar-refractivity contribution in [3.05, 3.63) is 30.3 Å². The molecular formula is C26H37N7O2S. The van der Waals surface area contributed by atoms with Gasteiger partial charge in [-0.05, 0) is 49.8 Å². The van der Waals surface area contributed by atoms with E-state index in [9.17, 15) is 4.79 Å². The smallest absolute Gasteiger partial charge is 0.236 e. The Morgan fingerprint density at radius 3 is 2.33 bits per heavy atom. The maximum atomic E-state index is 12.7. The standard InChI is InChI=1S/C26H37N7O2S/c1-36-26-28-23(27-21-5-7-22(8-6-21)31-15-17-35-18-16-31)19-24(29-26)32-13-11-30(12-14-32)20-25(34)33-9-3-2-4-10-33/h5-8,19H,2-4,9-18,20H2,1H3,(H,27,28,29). The third kappa shape index (κ3) is 6.41. The number of carbonyl (C=O) groups is 1. The van der Waals surface area contributed by atoms with Crippen LogP contribution in [0.1, 0.15) is 19.3 Å². The molecule has 0 spiro atoms. The number of carbonyl (C=O) groups excluding carboxylic acids is 1. The van der Waals surface area contributed by atoms with Gasteiger partial charge in [-0.1, -0.05) is 11.8 Å². The molecule has 0 radical (unpaired) electrons. The Morgan fingerprint density at radius 1 is 0.917 bits per heavy atom. The van der Waals surface area contributed by atoms with Crippen molar-refractivity contribution in [2.75, 3.05) is 93.5 Å². The molecular weight excluding hydrogens is 474 g/mol. The summed E-state index contributed by atoms with van der Waals surface area (Å²) in [5, 5.41) is 4.22. The zero-order valence-electron chi connectivity index (χ0n) is 21.2. The molecule has 3 fully saturated rings. The van der Waals surface area contributed by atoms with Gasteiger partial charge in [0, 0.05) is 69.8 Å². The van der Waals surface area contributed by atoms with Gasteiger partial charge in [-0.3, -0.25) is 9.69 Å². The van der Waals surface area contributed by atoms with E-state index in [1.165, 1.54) is 12.1 Å². The van der Waals surface area contributed by atoms with Crippen LogP contribution in [-0.2, 0) is 9.53 Å². The van der Waals surface area contributed by atoms with E-state index in [2.05, 4.69) is 49.3 Å². The first-order valence-electron chi connectivity index (χ1n) is 13.1. The summed E-state index contributed by atoms with van der Waals surface area (Å²) in [6, 6.07) is 10.5. The topological polar surface area (TPSA) is 77.1 Å². The second kappa shape index (κ2) is 12.1. The molecule has 3 saturated heterocycles. The minimum absolute atomic E-state index is 0.279. The first-order chi connectivity index (χ1) is 17.7. The number of piperidine rings is 1. The second-order valence-corrected chi connectivity index (χ2v) is 10.3. The highest BCUT2D eigenvalue weighted by molar-refractivity contribution is 7.98. The number of anilines is 4. The Hall–Kier alpha value is -2.56. The lowest BCUT2D eigenvalue weighted by atomic mass is 10.1. The van der Waals surface area contributed by atoms with Gasteiger partial charge in [0.25, 0.3) is 0 Å². The van der Waals surface area contributed by atoms with E-state index in [-0.39, 0.29) is 5.91 Å². The van der Waals surface area contributed by atoms with E-state index in [4.69, 9.17) is 9.72 Å². The molecule has 1 N–H and O–H groups in total. The molecule has 1 aromatic heterocycles. The fraction of sp³-hybridized carbons (Fsp3) is 0.577. The van der Waals surface area contributed by atoms with Crippen LogP contribution in [0.4, 0.5) is 23.0 Å². The summed E-state index contributed by atoms with van der Waals surface area (Å²) < 4.78 is 5.46. The molecule has 0 aliphatic carbocycles. The van der Waals surface area contributed by atoms with Crippen LogP contribution in [0.2, 0.25) is 0 Å². The maximum absolute atomic E-state index is 12.7. The number of benzene rings is 1. The molecule has 0 saturated carbocycles. The fourth-order valence-electron chi connectivity index (χ4n) is 5.02. The van der Waals surface area contributed by atoms with Crippen LogP contribution in [-0.4, -0.2) is 104 Å². The fourth-order valence-corrected chi connectivity index (χ4v) is 5.40. The number of piperazine rings is 1. The first-order valence-corrected chi connectivity index (χ1v) is 14.3. The average molecular weight is 512 g/mol. The highest BCUT2D eigenvalue weighted by Crippen LogP contribution is 2.26. The van der Waals surface area contributed by atoms with Gasteiger partial charge in [-0.2, -0.15) is 0 Å². The molecule has 2 aromatic rings. The molecule has 36 heavy (non-hydrogen) atoms. The number of thioether (sulfide) groups is 1. The lowest BCUT2D eigenvalue weighted by Gasteiger charge is -2.36. The SMILES string of the molecule is CSc1nc(Nc2ccc(N3CCOCC3)cc2)cc(N2CCN(CC(=O)N3CCCCC3)CC2)n1. The van der Waals surface area contributed by atoms with Crippen molar-refractivity contribution in [2.45, 2.75) is 24.4 Å². The second-order valence-electron chi connectivity index (χ2n) is 9.57. The first kappa shape index (κ1) is 25.1. The van der Waals surface area contributed by atoms with Crippen molar-refractivity contribution in [1.29, 1.82) is 0 Å². The van der Waals surface area contributed by atoms with Crippen molar-refractivity contribution in [1.82, 2.24) is 19.8 Å². The lowest BCUT2D eigenvalue weighted by Crippen LogP contribution is -2.51. The van der Waals surface area contributed by atoms with Crippen LogP contribution >= 0.6 is 11.8 Å². The van der Waals surface area contributed by atoms with Crippen LogP contribution in [0.5, 0.6) is 0 Å². The molecule has 0 atom stereocenters. The van der Waals surface area contributed by atoms with Gasteiger partial charge < -0.3 is 24.8 Å². The van der Waals surface area contributed by atoms with Crippen molar-refractivity contribution in [3.8, 4) is 0 Å². The Bertz CT molecular complexity index is 1000. The van der Waals surface area contributed by atoms with Gasteiger partial charge in [0.2, 0.25) is 5.91 Å². The van der Waals surface area contributed by atoms with Crippen LogP contribution < -0.4 is 15.1 Å². The number of morpholine rings is 1. The van der Waals surface area contributed by atoms with Crippen LogP contribution in [0.15, 0.2) is 35.5 Å². The predicted molar refractivity (Wildman–Crippen MR) is 146 cm³/mol. The normalized spacial score (nSPS) is 19.4. The van der Waals surface area contributed by atoms with Crippen LogP contribution in [0.25, 0.3) is 0 Å². The van der Waals surface area contributed by atoms with Gasteiger partial charge in [0.05, 0.1) is 19.8 Å². The number of likely N-dealkylation sites (tertiary alicyclic amines) is 1. The summed E-state index contributed by atoms with van der Waals surface area (Å²) >= 11 is 1.55. The van der Waals surface area contributed by atoms with Crippen molar-refractivity contribution in [3.63, 3.8) is 0 Å². The largest absolute Gasteiger partial charge is 0.378 e. The number of amides is 1. The van der Waals surface area contributed by atoms with Gasteiger partial charge in [0.1, 0.15) is 11.6 Å². The van der Waals surface area contributed by atoms with E-state index in [0.29, 0.717) is 6.54 Å². The van der Waals surface area contributed by atoms with Crippen molar-refractivity contribution >= 4 is 40.7 Å². The van der Waals surface area contributed by atoms with E-state index in [1.54, 1.807) is 11.8 Å². The van der Waals surface area contributed by atoms with Crippen LogP contribution in [0, 0.1) is 0 Å². The molecule has 0 unspecified atom stereocenters. The number of hydrogen-bond donors (Lipinski definition) is 1. The number of aromatic nitrogens is 2. The minimum Gasteiger partial charge on any atom is -0.378 e. The third-order valence-electron chi connectivity index (χ3n) is 7.15. The summed E-state index contributed by atoms with van der Waals surface area (Å²) in [5.41, 5.74) is 2.22. The number of hydrogen-bond acceptors (Lipinski definition) is 9. The van der Waals surface area contributed by atoms with Gasteiger partial charge in [-0.15, -0.1) is 0 Å². The van der Waals surface area contributed by atoms with E-state index < -0.39 is 0 Å². The summed E-state index contributed by atoms with van der Waals surface area (Å²) in [7, 11) is 0. The molecule has 0 bridgehead atoms. The van der Waals surface area contributed by atoms with Crippen LogP contribution in [0.3, 0.4) is 0 Å². The lowest BCUT2D eigenvalue weighted by molar-refractivity contribution is -0.133. The average Bonchev–Trinajstić information content (AvgIpc) is 2.94. The highest BCUT2D eigenvalue weighted by atomic mass is 32.2. The number of rotatable bonds is 7. The van der Waals surface area contributed by atoms with E-state index in [1.807, 2.05) is 17.2 Å². The number of nitrogens with one attached hydrogen (secondary N) is 1. The monoisotopic (exact) mass is 511 g/mol. The molecule has 194 valence electrons. The van der Waals surface area contributed by atoms with Crippen molar-refractivity contribution in [2.24, 2.45) is 0 Å². The Labute approximate surface area is 218 Å². The number of ether oxygens (including phenoxy) is 1. The summed E-state index contributed by atoms with van der Waals surface area (Å²) in [4.78, 5) is 31.1. The predicted octanol–water partition coefficient (Wildman–Crippen LogP) is 2.91. The van der Waals surface area contributed by atoms with Gasteiger partial charge >= 0.3 is 0 Å². The van der Waals surface area contributed by atoms with Gasteiger partial charge in [0.15, 0.2) is 5.16 Å². The zero-order valence-corrected chi connectivity index (χ0v) is 22.0. The molecule has 5 rings (SSSR count). The molecule has 1 amide bonds.